The van der Waals surface area contributed by atoms with Crippen molar-refractivity contribution in [2.75, 3.05) is 18.8 Å². The highest BCUT2D eigenvalue weighted by Crippen LogP contribution is 2.27. The monoisotopic (exact) mass is 220 g/mol. The molecule has 0 radical (unpaired) electrons. The number of nitrogen functional groups attached to an aromatic ring is 1. The molecule has 0 aliphatic carbocycles. The van der Waals surface area contributed by atoms with Gasteiger partial charge in [-0.05, 0) is 30.0 Å². The van der Waals surface area contributed by atoms with Gasteiger partial charge >= 0.3 is 5.97 Å². The van der Waals surface area contributed by atoms with E-state index in [-0.39, 0.29) is 11.8 Å². The number of rotatable bonds is 2. The van der Waals surface area contributed by atoms with Crippen LogP contribution < -0.4 is 11.1 Å². The second kappa shape index (κ2) is 4.53. The van der Waals surface area contributed by atoms with Crippen LogP contribution in [0, 0.1) is 5.92 Å². The van der Waals surface area contributed by atoms with Crippen molar-refractivity contribution in [3.8, 4) is 0 Å². The lowest BCUT2D eigenvalue weighted by Crippen LogP contribution is -2.38. The van der Waals surface area contributed by atoms with Crippen molar-refractivity contribution < 1.29 is 9.90 Å². The van der Waals surface area contributed by atoms with Crippen LogP contribution >= 0.6 is 0 Å². The Morgan fingerprint density at radius 2 is 2.25 bits per heavy atom. The van der Waals surface area contributed by atoms with Crippen LogP contribution in [0.25, 0.3) is 0 Å². The van der Waals surface area contributed by atoms with Gasteiger partial charge in [-0.1, -0.05) is 12.1 Å². The lowest BCUT2D eigenvalue weighted by Gasteiger charge is -2.28. The Morgan fingerprint density at radius 1 is 1.44 bits per heavy atom. The molecule has 2 atom stereocenters. The van der Waals surface area contributed by atoms with E-state index >= 15 is 0 Å². The van der Waals surface area contributed by atoms with E-state index < -0.39 is 5.97 Å². The SMILES string of the molecule is Nc1cccc(C2CNCC(C(=O)O)C2)c1. The first-order valence-electron chi connectivity index (χ1n) is 5.46. The van der Waals surface area contributed by atoms with E-state index in [1.54, 1.807) is 0 Å². The van der Waals surface area contributed by atoms with E-state index in [0.29, 0.717) is 13.0 Å². The van der Waals surface area contributed by atoms with Crippen molar-refractivity contribution in [1.29, 1.82) is 0 Å². The van der Waals surface area contributed by atoms with Crippen molar-refractivity contribution in [3.05, 3.63) is 29.8 Å². The van der Waals surface area contributed by atoms with E-state index in [9.17, 15) is 4.79 Å². The third-order valence-corrected chi connectivity index (χ3v) is 3.08. The Bertz CT molecular complexity index is 392. The van der Waals surface area contributed by atoms with Crippen LogP contribution in [0.1, 0.15) is 17.9 Å². The zero-order chi connectivity index (χ0) is 11.5. The lowest BCUT2D eigenvalue weighted by atomic mass is 9.85. The highest BCUT2D eigenvalue weighted by Gasteiger charge is 2.27. The molecule has 4 N–H and O–H groups in total. The van der Waals surface area contributed by atoms with Crippen LogP contribution in [-0.2, 0) is 4.79 Å². The maximum absolute atomic E-state index is 10.9. The van der Waals surface area contributed by atoms with Gasteiger partial charge < -0.3 is 16.2 Å². The van der Waals surface area contributed by atoms with E-state index in [1.807, 2.05) is 24.3 Å². The van der Waals surface area contributed by atoms with Gasteiger partial charge in [0.1, 0.15) is 0 Å². The van der Waals surface area contributed by atoms with Gasteiger partial charge in [0.05, 0.1) is 5.92 Å². The Morgan fingerprint density at radius 3 is 2.94 bits per heavy atom. The minimum Gasteiger partial charge on any atom is -0.481 e. The van der Waals surface area contributed by atoms with E-state index in [4.69, 9.17) is 10.8 Å². The molecule has 0 amide bonds. The summed E-state index contributed by atoms with van der Waals surface area (Å²) < 4.78 is 0. The summed E-state index contributed by atoms with van der Waals surface area (Å²) in [7, 11) is 0. The summed E-state index contributed by atoms with van der Waals surface area (Å²) in [5.74, 6) is -0.764. The molecule has 4 nitrogen and oxygen atoms in total. The van der Waals surface area contributed by atoms with Crippen LogP contribution in [-0.4, -0.2) is 24.2 Å². The highest BCUT2D eigenvalue weighted by atomic mass is 16.4. The largest absolute Gasteiger partial charge is 0.481 e. The van der Waals surface area contributed by atoms with Gasteiger partial charge in [-0.3, -0.25) is 4.79 Å². The van der Waals surface area contributed by atoms with Gasteiger partial charge in [0, 0.05) is 18.8 Å². The average molecular weight is 220 g/mol. The number of nitrogens with two attached hydrogens (primary N) is 1. The molecular formula is C12H16N2O2. The maximum atomic E-state index is 10.9. The quantitative estimate of drug-likeness (QED) is 0.651. The second-order valence-electron chi connectivity index (χ2n) is 4.30. The molecule has 0 saturated carbocycles. The summed E-state index contributed by atoms with van der Waals surface area (Å²) in [6, 6.07) is 7.69. The first kappa shape index (κ1) is 11.0. The van der Waals surface area contributed by atoms with Gasteiger partial charge in [0.15, 0.2) is 0 Å². The van der Waals surface area contributed by atoms with Crippen LogP contribution in [0.5, 0.6) is 0 Å². The summed E-state index contributed by atoms with van der Waals surface area (Å²) in [5.41, 5.74) is 7.58. The third kappa shape index (κ3) is 2.33. The number of carboxylic acids is 1. The fraction of sp³-hybridized carbons (Fsp3) is 0.417. The molecule has 0 bridgehead atoms. The number of carbonyl (C=O) groups is 1. The standard InChI is InChI=1S/C12H16N2O2/c13-11-3-1-2-8(5-11)9-4-10(12(15)16)7-14-6-9/h1-3,5,9-10,14H,4,6-7,13H2,(H,15,16). The molecule has 2 rings (SSSR count). The van der Waals surface area contributed by atoms with E-state index in [1.165, 1.54) is 0 Å². The number of carboxylic acid groups (broad SMARTS) is 1. The van der Waals surface area contributed by atoms with Gasteiger partial charge in [0.2, 0.25) is 0 Å². The van der Waals surface area contributed by atoms with Gasteiger partial charge in [-0.2, -0.15) is 0 Å². The molecule has 1 aromatic rings. The molecule has 1 aliphatic rings. The molecule has 1 fully saturated rings. The first-order chi connectivity index (χ1) is 7.66. The Labute approximate surface area is 94.5 Å². The van der Waals surface area contributed by atoms with Gasteiger partial charge in [0.25, 0.3) is 0 Å². The third-order valence-electron chi connectivity index (χ3n) is 3.08. The smallest absolute Gasteiger partial charge is 0.307 e. The predicted octanol–water partition coefficient (Wildman–Crippen LogP) is 1.05. The number of benzene rings is 1. The van der Waals surface area contributed by atoms with Crippen LogP contribution in [0.15, 0.2) is 24.3 Å². The highest BCUT2D eigenvalue weighted by molar-refractivity contribution is 5.70. The van der Waals surface area contributed by atoms with Crippen LogP contribution in [0.4, 0.5) is 5.69 Å². The summed E-state index contributed by atoms with van der Waals surface area (Å²) in [4.78, 5) is 10.9. The molecule has 1 saturated heterocycles. The predicted molar refractivity (Wildman–Crippen MR) is 62.2 cm³/mol. The van der Waals surface area contributed by atoms with Crippen LogP contribution in [0.2, 0.25) is 0 Å². The van der Waals surface area contributed by atoms with Crippen molar-refractivity contribution in [3.63, 3.8) is 0 Å². The molecule has 86 valence electrons. The number of hydrogen-bond donors (Lipinski definition) is 3. The lowest BCUT2D eigenvalue weighted by molar-refractivity contribution is -0.142. The summed E-state index contributed by atoms with van der Waals surface area (Å²) in [6.07, 6.45) is 0.686. The zero-order valence-electron chi connectivity index (χ0n) is 9.02. The van der Waals surface area contributed by atoms with Gasteiger partial charge in [-0.25, -0.2) is 0 Å². The molecule has 4 heteroatoms. The van der Waals surface area contributed by atoms with Crippen LogP contribution in [0.3, 0.4) is 0 Å². The minimum atomic E-state index is -0.721. The maximum Gasteiger partial charge on any atom is 0.307 e. The zero-order valence-corrected chi connectivity index (χ0v) is 9.02. The molecule has 0 spiro atoms. The Balaban J connectivity index is 2.12. The van der Waals surface area contributed by atoms with Crippen molar-refractivity contribution >= 4 is 11.7 Å². The topological polar surface area (TPSA) is 75.3 Å². The summed E-state index contributed by atoms with van der Waals surface area (Å²) in [6.45, 7) is 1.39. The molecule has 2 unspecified atom stereocenters. The molecule has 1 heterocycles. The van der Waals surface area contributed by atoms with Crippen molar-refractivity contribution in [1.82, 2.24) is 5.32 Å². The Hall–Kier alpha value is -1.55. The fourth-order valence-electron chi connectivity index (χ4n) is 2.20. The number of anilines is 1. The molecule has 1 aromatic carbocycles. The molecule has 16 heavy (non-hydrogen) atoms. The summed E-state index contributed by atoms with van der Waals surface area (Å²) >= 11 is 0. The van der Waals surface area contributed by atoms with E-state index in [0.717, 1.165) is 17.8 Å². The molecule has 1 aliphatic heterocycles. The number of nitrogens with one attached hydrogen (secondary N) is 1. The average Bonchev–Trinajstić information content (AvgIpc) is 2.29. The molecular weight excluding hydrogens is 204 g/mol. The number of hydrogen-bond acceptors (Lipinski definition) is 3. The second-order valence-corrected chi connectivity index (χ2v) is 4.30. The first-order valence-corrected chi connectivity index (χ1v) is 5.46. The van der Waals surface area contributed by atoms with Crippen molar-refractivity contribution in [2.45, 2.75) is 12.3 Å². The Kier molecular flexibility index (Phi) is 3.10. The fourth-order valence-corrected chi connectivity index (χ4v) is 2.20. The normalized spacial score (nSPS) is 25.2. The molecule has 0 aromatic heterocycles. The van der Waals surface area contributed by atoms with Gasteiger partial charge in [-0.15, -0.1) is 0 Å². The van der Waals surface area contributed by atoms with E-state index in [2.05, 4.69) is 5.32 Å². The van der Waals surface area contributed by atoms with Crippen molar-refractivity contribution in [2.24, 2.45) is 5.92 Å². The minimum absolute atomic E-state index is 0.248. The summed E-state index contributed by atoms with van der Waals surface area (Å²) in [5, 5.41) is 12.2. The number of aliphatic carboxylic acids is 1. The number of piperidine rings is 1.